The number of nitro benzene ring substituents is 1. The highest BCUT2D eigenvalue weighted by atomic mass is 16.6. The van der Waals surface area contributed by atoms with Gasteiger partial charge >= 0.3 is 0 Å². The number of non-ortho nitro benzene ring substituents is 1. The fourth-order valence-corrected chi connectivity index (χ4v) is 1.45. The van der Waals surface area contributed by atoms with E-state index in [-0.39, 0.29) is 5.69 Å². The molecule has 0 unspecified atom stereocenters. The molecule has 0 spiro atoms. The van der Waals surface area contributed by atoms with Crippen molar-refractivity contribution < 1.29 is 4.92 Å². The molecule has 6 nitrogen and oxygen atoms in total. The van der Waals surface area contributed by atoms with Crippen LogP contribution < -0.4 is 5.32 Å². The van der Waals surface area contributed by atoms with Gasteiger partial charge in [0.2, 0.25) is 5.95 Å². The third-order valence-corrected chi connectivity index (χ3v) is 2.42. The average molecular weight is 232 g/mol. The Morgan fingerprint density at radius 3 is 2.65 bits per heavy atom. The molecule has 0 saturated heterocycles. The predicted molar refractivity (Wildman–Crippen MR) is 63.6 cm³/mol. The van der Waals surface area contributed by atoms with Crippen LogP contribution in [0.25, 0.3) is 0 Å². The van der Waals surface area contributed by atoms with Crippen LogP contribution in [0.4, 0.5) is 11.6 Å². The molecule has 1 aromatic carbocycles. The van der Waals surface area contributed by atoms with Crippen molar-refractivity contribution in [2.24, 2.45) is 7.05 Å². The smallest absolute Gasteiger partial charge is 0.269 e. The first-order chi connectivity index (χ1) is 8.16. The highest BCUT2D eigenvalue weighted by Gasteiger charge is 2.04. The summed E-state index contributed by atoms with van der Waals surface area (Å²) < 4.78 is 1.87. The minimum atomic E-state index is -0.407. The molecule has 0 saturated carbocycles. The van der Waals surface area contributed by atoms with Crippen LogP contribution in [0, 0.1) is 10.1 Å². The van der Waals surface area contributed by atoms with Gasteiger partial charge in [-0.25, -0.2) is 4.98 Å². The van der Waals surface area contributed by atoms with E-state index in [0.717, 1.165) is 11.5 Å². The van der Waals surface area contributed by atoms with Crippen molar-refractivity contribution in [2.75, 3.05) is 5.32 Å². The number of nitrogens with zero attached hydrogens (tertiary/aromatic N) is 3. The van der Waals surface area contributed by atoms with Gasteiger partial charge < -0.3 is 9.88 Å². The van der Waals surface area contributed by atoms with Crippen molar-refractivity contribution >= 4 is 11.6 Å². The van der Waals surface area contributed by atoms with E-state index in [1.165, 1.54) is 12.1 Å². The fourth-order valence-electron chi connectivity index (χ4n) is 1.45. The standard InChI is InChI=1S/C11H12N4O2/c1-14-7-6-12-11(14)13-8-9-2-4-10(5-3-9)15(16)17/h2-7H,8H2,1H3,(H,12,13). The largest absolute Gasteiger partial charge is 0.352 e. The predicted octanol–water partition coefficient (Wildman–Crippen LogP) is 1.94. The lowest BCUT2D eigenvalue weighted by molar-refractivity contribution is -0.384. The second-order valence-corrected chi connectivity index (χ2v) is 3.64. The zero-order chi connectivity index (χ0) is 12.3. The maximum atomic E-state index is 10.5. The van der Waals surface area contributed by atoms with Gasteiger partial charge in [-0.1, -0.05) is 12.1 Å². The Hall–Kier alpha value is -2.37. The van der Waals surface area contributed by atoms with E-state index in [2.05, 4.69) is 10.3 Å². The van der Waals surface area contributed by atoms with E-state index in [1.807, 2.05) is 17.8 Å². The number of imidazole rings is 1. The van der Waals surface area contributed by atoms with Gasteiger partial charge in [0.25, 0.3) is 5.69 Å². The lowest BCUT2D eigenvalue weighted by Crippen LogP contribution is -2.04. The summed E-state index contributed by atoms with van der Waals surface area (Å²) in [5.41, 5.74) is 1.07. The Morgan fingerprint density at radius 1 is 1.41 bits per heavy atom. The molecule has 0 aliphatic rings. The molecule has 0 bridgehead atoms. The molecule has 1 aromatic heterocycles. The minimum Gasteiger partial charge on any atom is -0.352 e. The Kier molecular flexibility index (Phi) is 3.04. The SMILES string of the molecule is Cn1ccnc1NCc1ccc([N+](=O)[O-])cc1. The Balaban J connectivity index is 2.00. The second kappa shape index (κ2) is 4.65. The number of nitrogens with one attached hydrogen (secondary N) is 1. The summed E-state index contributed by atoms with van der Waals surface area (Å²) in [6.45, 7) is 0.586. The number of hydrogen-bond acceptors (Lipinski definition) is 4. The highest BCUT2D eigenvalue weighted by Crippen LogP contribution is 2.12. The van der Waals surface area contributed by atoms with Crippen LogP contribution in [-0.2, 0) is 13.6 Å². The molecule has 88 valence electrons. The van der Waals surface area contributed by atoms with Crippen molar-refractivity contribution in [3.8, 4) is 0 Å². The molecule has 1 N–H and O–H groups in total. The van der Waals surface area contributed by atoms with Crippen LogP contribution in [0.1, 0.15) is 5.56 Å². The summed E-state index contributed by atoms with van der Waals surface area (Å²) in [7, 11) is 1.89. The first-order valence-electron chi connectivity index (χ1n) is 5.11. The number of anilines is 1. The summed E-state index contributed by atoms with van der Waals surface area (Å²) >= 11 is 0. The molecule has 1 heterocycles. The van der Waals surface area contributed by atoms with Crippen LogP contribution in [0.15, 0.2) is 36.7 Å². The van der Waals surface area contributed by atoms with Gasteiger partial charge in [-0.05, 0) is 5.56 Å². The highest BCUT2D eigenvalue weighted by molar-refractivity contribution is 5.35. The third kappa shape index (κ3) is 2.60. The van der Waals surface area contributed by atoms with Crippen LogP contribution in [0.3, 0.4) is 0 Å². The molecule has 0 radical (unpaired) electrons. The van der Waals surface area contributed by atoms with E-state index in [1.54, 1.807) is 18.3 Å². The van der Waals surface area contributed by atoms with Crippen molar-refractivity contribution in [1.29, 1.82) is 0 Å². The molecule has 6 heteroatoms. The van der Waals surface area contributed by atoms with E-state index >= 15 is 0 Å². The molecule has 0 atom stereocenters. The van der Waals surface area contributed by atoms with Gasteiger partial charge in [0, 0.05) is 38.1 Å². The Bertz CT molecular complexity index is 519. The van der Waals surface area contributed by atoms with E-state index in [0.29, 0.717) is 6.54 Å². The molecule has 2 rings (SSSR count). The summed E-state index contributed by atoms with van der Waals surface area (Å²) in [5.74, 6) is 0.767. The fraction of sp³-hybridized carbons (Fsp3) is 0.182. The summed E-state index contributed by atoms with van der Waals surface area (Å²) in [6.07, 6.45) is 3.55. The summed E-state index contributed by atoms with van der Waals surface area (Å²) in [6, 6.07) is 6.45. The maximum Gasteiger partial charge on any atom is 0.269 e. The Morgan fingerprint density at radius 2 is 2.12 bits per heavy atom. The second-order valence-electron chi connectivity index (χ2n) is 3.64. The molecule has 17 heavy (non-hydrogen) atoms. The van der Waals surface area contributed by atoms with Crippen molar-refractivity contribution in [1.82, 2.24) is 9.55 Å². The number of aryl methyl sites for hydroxylation is 1. The molecular formula is C11H12N4O2. The van der Waals surface area contributed by atoms with Gasteiger partial charge in [0.05, 0.1) is 4.92 Å². The van der Waals surface area contributed by atoms with Crippen LogP contribution in [0.5, 0.6) is 0 Å². The molecule has 0 aliphatic carbocycles. The van der Waals surface area contributed by atoms with Gasteiger partial charge in [-0.15, -0.1) is 0 Å². The van der Waals surface area contributed by atoms with E-state index in [9.17, 15) is 10.1 Å². The van der Waals surface area contributed by atoms with E-state index in [4.69, 9.17) is 0 Å². The number of rotatable bonds is 4. The minimum absolute atomic E-state index is 0.103. The zero-order valence-electron chi connectivity index (χ0n) is 9.33. The lowest BCUT2D eigenvalue weighted by Gasteiger charge is -2.05. The number of aromatic nitrogens is 2. The van der Waals surface area contributed by atoms with E-state index < -0.39 is 4.92 Å². The topological polar surface area (TPSA) is 73.0 Å². The van der Waals surface area contributed by atoms with Gasteiger partial charge in [-0.2, -0.15) is 0 Å². The molecule has 0 aliphatic heterocycles. The summed E-state index contributed by atoms with van der Waals surface area (Å²) in [5, 5.41) is 13.6. The first kappa shape index (κ1) is 11.1. The third-order valence-electron chi connectivity index (χ3n) is 2.42. The molecule has 0 fully saturated rings. The van der Waals surface area contributed by atoms with Gasteiger partial charge in [-0.3, -0.25) is 10.1 Å². The van der Waals surface area contributed by atoms with Crippen LogP contribution in [0.2, 0.25) is 0 Å². The van der Waals surface area contributed by atoms with Crippen LogP contribution >= 0.6 is 0 Å². The molecule has 2 aromatic rings. The monoisotopic (exact) mass is 232 g/mol. The molecular weight excluding hydrogens is 220 g/mol. The normalized spacial score (nSPS) is 10.2. The first-order valence-corrected chi connectivity index (χ1v) is 5.11. The number of hydrogen-bond donors (Lipinski definition) is 1. The maximum absolute atomic E-state index is 10.5. The van der Waals surface area contributed by atoms with Crippen molar-refractivity contribution in [2.45, 2.75) is 6.54 Å². The van der Waals surface area contributed by atoms with Gasteiger partial charge in [0.1, 0.15) is 0 Å². The summed E-state index contributed by atoms with van der Waals surface area (Å²) in [4.78, 5) is 14.2. The number of benzene rings is 1. The lowest BCUT2D eigenvalue weighted by atomic mass is 10.2. The van der Waals surface area contributed by atoms with Crippen LogP contribution in [-0.4, -0.2) is 14.5 Å². The molecule has 0 amide bonds. The number of nitro groups is 1. The van der Waals surface area contributed by atoms with Crippen molar-refractivity contribution in [3.05, 3.63) is 52.3 Å². The Labute approximate surface area is 98.1 Å². The zero-order valence-corrected chi connectivity index (χ0v) is 9.33. The van der Waals surface area contributed by atoms with Crippen molar-refractivity contribution in [3.63, 3.8) is 0 Å². The van der Waals surface area contributed by atoms with Gasteiger partial charge in [0.15, 0.2) is 0 Å². The average Bonchev–Trinajstić information content (AvgIpc) is 2.73. The quantitative estimate of drug-likeness (QED) is 0.645.